The van der Waals surface area contributed by atoms with Crippen LogP contribution in [0.3, 0.4) is 0 Å². The molecule has 2 aliphatic heterocycles. The van der Waals surface area contributed by atoms with Crippen molar-refractivity contribution in [2.24, 2.45) is 5.41 Å². The number of piperidine rings is 1. The van der Waals surface area contributed by atoms with Crippen LogP contribution in [0.2, 0.25) is 0 Å². The molecule has 0 atom stereocenters. The molecular formula is C13H24N2O3S. The Morgan fingerprint density at radius 3 is 2.58 bits per heavy atom. The molecule has 0 bridgehead atoms. The van der Waals surface area contributed by atoms with Crippen LogP contribution in [-0.2, 0) is 20.3 Å². The smallest absolute Gasteiger partial charge is 0.228 e. The number of hydrogen-bond donors (Lipinski definition) is 2. The molecule has 110 valence electrons. The third-order valence-corrected chi connectivity index (χ3v) is 5.57. The zero-order chi connectivity index (χ0) is 13.7. The minimum atomic E-state index is -0.680. The van der Waals surface area contributed by atoms with Crippen LogP contribution in [0.15, 0.2) is 0 Å². The van der Waals surface area contributed by atoms with Crippen LogP contribution in [0, 0.1) is 5.41 Å². The molecule has 2 heterocycles. The number of rotatable bonds is 4. The van der Waals surface area contributed by atoms with Crippen molar-refractivity contribution in [3.63, 3.8) is 0 Å². The minimum absolute atomic E-state index is 0.119. The summed E-state index contributed by atoms with van der Waals surface area (Å²) < 4.78 is 16.6. The molecule has 0 aromatic heterocycles. The maximum absolute atomic E-state index is 12.6. The Kier molecular flexibility index (Phi) is 5.36. The van der Waals surface area contributed by atoms with E-state index in [2.05, 4.69) is 10.6 Å². The fraction of sp³-hybridized carbons (Fsp3) is 0.923. The first-order chi connectivity index (χ1) is 9.16. The third kappa shape index (κ3) is 3.77. The third-order valence-electron chi connectivity index (χ3n) is 4.19. The van der Waals surface area contributed by atoms with Gasteiger partial charge in [0.25, 0.3) is 0 Å². The van der Waals surface area contributed by atoms with Crippen molar-refractivity contribution < 1.29 is 13.7 Å². The van der Waals surface area contributed by atoms with Gasteiger partial charge in [0.2, 0.25) is 5.91 Å². The van der Waals surface area contributed by atoms with Crippen LogP contribution in [0.1, 0.15) is 25.7 Å². The maximum Gasteiger partial charge on any atom is 0.228 e. The number of methoxy groups -OCH3 is 1. The summed E-state index contributed by atoms with van der Waals surface area (Å²) in [5.74, 6) is 1.54. The molecule has 2 N–H and O–H groups in total. The molecule has 0 aromatic carbocycles. The predicted octanol–water partition coefficient (Wildman–Crippen LogP) is 0.0299. The summed E-state index contributed by atoms with van der Waals surface area (Å²) in [6, 6.07) is 0.189. The monoisotopic (exact) mass is 288 g/mol. The molecule has 19 heavy (non-hydrogen) atoms. The van der Waals surface area contributed by atoms with Crippen LogP contribution in [0.25, 0.3) is 0 Å². The number of carbonyl (C=O) groups is 1. The van der Waals surface area contributed by atoms with Gasteiger partial charge in [0.15, 0.2) is 0 Å². The first kappa shape index (κ1) is 14.9. The van der Waals surface area contributed by atoms with E-state index in [0.717, 1.165) is 38.8 Å². The van der Waals surface area contributed by atoms with Gasteiger partial charge >= 0.3 is 0 Å². The van der Waals surface area contributed by atoms with Crippen molar-refractivity contribution in [2.45, 2.75) is 31.7 Å². The van der Waals surface area contributed by atoms with E-state index in [-0.39, 0.29) is 17.4 Å². The highest BCUT2D eigenvalue weighted by Crippen LogP contribution is 2.30. The molecule has 0 unspecified atom stereocenters. The Balaban J connectivity index is 1.93. The SMILES string of the molecule is COCC1(C(=O)NC2CCS(=O)CC2)CCNCC1. The fourth-order valence-corrected chi connectivity index (χ4v) is 4.19. The van der Waals surface area contributed by atoms with E-state index in [0.29, 0.717) is 18.1 Å². The predicted molar refractivity (Wildman–Crippen MR) is 75.5 cm³/mol. The van der Waals surface area contributed by atoms with Gasteiger partial charge in [-0.3, -0.25) is 9.00 Å². The molecule has 0 radical (unpaired) electrons. The second-order valence-corrected chi connectivity index (χ2v) is 7.26. The van der Waals surface area contributed by atoms with Crippen molar-refractivity contribution in [3.05, 3.63) is 0 Å². The molecule has 2 rings (SSSR count). The van der Waals surface area contributed by atoms with E-state index in [4.69, 9.17) is 4.74 Å². The number of hydrogen-bond acceptors (Lipinski definition) is 4. The molecule has 0 spiro atoms. The molecule has 5 nitrogen and oxygen atoms in total. The van der Waals surface area contributed by atoms with E-state index in [9.17, 15) is 9.00 Å². The van der Waals surface area contributed by atoms with E-state index in [1.54, 1.807) is 7.11 Å². The summed E-state index contributed by atoms with van der Waals surface area (Å²) in [5, 5.41) is 6.44. The van der Waals surface area contributed by atoms with Crippen molar-refractivity contribution in [2.75, 3.05) is 38.3 Å². The van der Waals surface area contributed by atoms with Crippen molar-refractivity contribution in [3.8, 4) is 0 Å². The van der Waals surface area contributed by atoms with Gasteiger partial charge in [-0.1, -0.05) is 0 Å². The molecule has 0 aliphatic carbocycles. The molecule has 2 aliphatic rings. The van der Waals surface area contributed by atoms with Crippen LogP contribution in [0.5, 0.6) is 0 Å². The van der Waals surface area contributed by atoms with E-state index >= 15 is 0 Å². The van der Waals surface area contributed by atoms with Crippen molar-refractivity contribution in [1.29, 1.82) is 0 Å². The average Bonchev–Trinajstić information content (AvgIpc) is 2.43. The number of carbonyl (C=O) groups excluding carboxylic acids is 1. The average molecular weight is 288 g/mol. The van der Waals surface area contributed by atoms with Gasteiger partial charge in [-0.2, -0.15) is 0 Å². The second kappa shape index (κ2) is 6.81. The van der Waals surface area contributed by atoms with Crippen LogP contribution in [0.4, 0.5) is 0 Å². The van der Waals surface area contributed by atoms with Crippen molar-refractivity contribution >= 4 is 16.7 Å². The van der Waals surface area contributed by atoms with Crippen LogP contribution in [-0.4, -0.2) is 54.5 Å². The van der Waals surface area contributed by atoms with Crippen LogP contribution >= 0.6 is 0 Å². The Bertz CT molecular complexity index is 327. The summed E-state index contributed by atoms with van der Waals surface area (Å²) in [5.41, 5.74) is -0.378. The van der Waals surface area contributed by atoms with Crippen LogP contribution < -0.4 is 10.6 Å². The first-order valence-corrected chi connectivity index (χ1v) is 8.51. The zero-order valence-corrected chi connectivity index (χ0v) is 12.4. The standard InChI is InChI=1S/C13H24N2O3S/c1-18-10-13(4-6-14-7-5-13)12(16)15-11-2-8-19(17)9-3-11/h11,14H,2-10H2,1H3,(H,15,16). The number of nitrogens with one attached hydrogen (secondary N) is 2. The van der Waals surface area contributed by atoms with Crippen molar-refractivity contribution in [1.82, 2.24) is 10.6 Å². The quantitative estimate of drug-likeness (QED) is 0.766. The molecule has 0 aromatic rings. The normalized spacial score (nSPS) is 30.8. The summed E-state index contributed by atoms with van der Waals surface area (Å²) in [4.78, 5) is 12.6. The molecular weight excluding hydrogens is 264 g/mol. The Labute approximate surface area is 117 Å². The topological polar surface area (TPSA) is 67.4 Å². The van der Waals surface area contributed by atoms with Gasteiger partial charge in [0, 0.05) is 35.5 Å². The lowest BCUT2D eigenvalue weighted by Gasteiger charge is -2.37. The van der Waals surface area contributed by atoms with E-state index < -0.39 is 10.8 Å². The van der Waals surface area contributed by atoms with Gasteiger partial charge in [0.1, 0.15) is 0 Å². The minimum Gasteiger partial charge on any atom is -0.384 e. The molecule has 2 saturated heterocycles. The largest absolute Gasteiger partial charge is 0.384 e. The lowest BCUT2D eigenvalue weighted by atomic mass is 9.78. The molecule has 6 heteroatoms. The highest BCUT2D eigenvalue weighted by Gasteiger charge is 2.40. The lowest BCUT2D eigenvalue weighted by Crippen LogP contribution is -2.53. The maximum atomic E-state index is 12.6. The molecule has 0 saturated carbocycles. The Morgan fingerprint density at radius 1 is 1.37 bits per heavy atom. The summed E-state index contributed by atoms with van der Waals surface area (Å²) in [7, 11) is 0.973. The fourth-order valence-electron chi connectivity index (χ4n) is 2.90. The molecule has 2 fully saturated rings. The highest BCUT2D eigenvalue weighted by molar-refractivity contribution is 7.85. The first-order valence-electron chi connectivity index (χ1n) is 7.02. The van der Waals surface area contributed by atoms with E-state index in [1.165, 1.54) is 0 Å². The Morgan fingerprint density at radius 2 is 2.00 bits per heavy atom. The van der Waals surface area contributed by atoms with Gasteiger partial charge < -0.3 is 15.4 Å². The zero-order valence-electron chi connectivity index (χ0n) is 11.6. The van der Waals surface area contributed by atoms with Gasteiger partial charge in [-0.05, 0) is 38.8 Å². The summed E-state index contributed by atoms with van der Waals surface area (Å²) in [6.07, 6.45) is 3.32. The second-order valence-electron chi connectivity index (χ2n) is 5.56. The highest BCUT2D eigenvalue weighted by atomic mass is 32.2. The Hall–Kier alpha value is -0.460. The van der Waals surface area contributed by atoms with Gasteiger partial charge in [-0.15, -0.1) is 0 Å². The summed E-state index contributed by atoms with van der Waals surface area (Å²) >= 11 is 0. The van der Waals surface area contributed by atoms with E-state index in [1.807, 2.05) is 0 Å². The number of ether oxygens (including phenoxy) is 1. The molecule has 1 amide bonds. The lowest BCUT2D eigenvalue weighted by molar-refractivity contribution is -0.137. The van der Waals surface area contributed by atoms with Gasteiger partial charge in [0.05, 0.1) is 12.0 Å². The van der Waals surface area contributed by atoms with Gasteiger partial charge in [-0.25, -0.2) is 0 Å². The summed E-state index contributed by atoms with van der Waals surface area (Å²) in [6.45, 7) is 2.22. The number of amides is 1.